The summed E-state index contributed by atoms with van der Waals surface area (Å²) in [6.45, 7) is 40.5. The van der Waals surface area contributed by atoms with Crippen molar-refractivity contribution >= 4 is 28.5 Å². The fraction of sp³-hybridized carbons (Fsp3) is 0. The molecule has 13 heteroatoms. The van der Waals surface area contributed by atoms with Gasteiger partial charge in [0.25, 0.3) is 0 Å². The van der Waals surface area contributed by atoms with E-state index in [1.54, 1.807) is 0 Å². The average molecular weight is 939 g/mol. The second-order valence-corrected chi connectivity index (χ2v) is 12.6. The molecule has 0 aromatic heterocycles. The van der Waals surface area contributed by atoms with Gasteiger partial charge in [0.05, 0.1) is 0 Å². The topological polar surface area (TPSA) is 179 Å². The summed E-state index contributed by atoms with van der Waals surface area (Å²) in [7, 11) is -1.91. The van der Waals surface area contributed by atoms with Crippen molar-refractivity contribution < 1.29 is 93.1 Å². The summed E-state index contributed by atoms with van der Waals surface area (Å²) in [4.78, 5) is 0. The van der Waals surface area contributed by atoms with Crippen molar-refractivity contribution in [1.82, 2.24) is 0 Å². The first kappa shape index (κ1) is 72.3. The molecule has 0 aliphatic carbocycles. The Labute approximate surface area is 385 Å². The fourth-order valence-electron chi connectivity index (χ4n) is 4.82. The summed E-state index contributed by atoms with van der Waals surface area (Å²) in [5.74, 6) is 0. The van der Waals surface area contributed by atoms with Crippen molar-refractivity contribution in [2.75, 3.05) is 0 Å². The molecule has 0 unspecified atom stereocenters. The monoisotopic (exact) mass is 939 g/mol. The molecule has 6 aromatic rings. The summed E-state index contributed by atoms with van der Waals surface area (Å²) in [5, 5.41) is 5.55. The molecule has 0 radical (unpaired) electrons. The van der Waals surface area contributed by atoms with E-state index >= 15 is 0 Å². The predicted molar refractivity (Wildman–Crippen MR) is 206 cm³/mol. The Balaban J connectivity index is -0.000000111. The molecule has 0 saturated heterocycles. The molecular formula is C47H32Fe3O9P+. The largest absolute Gasteiger partial charge is 2.00 e. The quantitative estimate of drug-likeness (QED) is 0.0669. The van der Waals surface area contributed by atoms with E-state index in [2.05, 4.69) is 218 Å². The molecule has 0 aliphatic heterocycles. The molecule has 6 aromatic carbocycles. The molecule has 0 bridgehead atoms. The molecule has 9 nitrogen and oxygen atoms in total. The summed E-state index contributed by atoms with van der Waals surface area (Å²) in [6.07, 6.45) is 4.24. The van der Waals surface area contributed by atoms with Gasteiger partial charge in [-0.1, -0.05) is 84.9 Å². The molecule has 302 valence electrons. The normalized spacial score (nSPS) is 7.17. The fourth-order valence-corrected chi connectivity index (χ4v) is 9.09. The maximum atomic E-state index is 7.50. The number of hydrogen-bond acceptors (Lipinski definition) is 0. The average Bonchev–Trinajstić information content (AvgIpc) is 3.36. The van der Waals surface area contributed by atoms with Crippen LogP contribution in [0.4, 0.5) is 0 Å². The Morgan fingerprint density at radius 1 is 0.250 bits per heavy atom. The molecule has 0 heterocycles. The van der Waals surface area contributed by atoms with Crippen molar-refractivity contribution in [1.29, 1.82) is 0 Å². The van der Waals surface area contributed by atoms with Crippen LogP contribution in [0.1, 0.15) is 11.1 Å². The summed E-state index contributed by atoms with van der Waals surface area (Å²) in [5.41, 5.74) is 2.47. The molecule has 0 amide bonds. The van der Waals surface area contributed by atoms with Gasteiger partial charge in [0.15, 0.2) is 0 Å². The van der Waals surface area contributed by atoms with Crippen molar-refractivity contribution in [2.45, 2.75) is 0 Å². The minimum Gasteiger partial charge on any atom is -0.219 e. The van der Waals surface area contributed by atoms with E-state index in [1.807, 2.05) is 36.4 Å². The molecule has 0 atom stereocenters. The van der Waals surface area contributed by atoms with Gasteiger partial charge < -0.3 is 0 Å². The molecule has 0 fully saturated rings. The zero-order chi connectivity index (χ0) is 44.6. The SMILES string of the molecule is [C-]#[O+].[C-]#[O+].[C-]#[O+].[C-]#[O+].[C-]#[O+].[C-]#[O+].[C-]#[O+].[C-]#[O+].[C-]#[O+].[Fe+2].[Fe].[Fe].c1ccc([CH-][CH-]c2ccccc2)cc1.c1ccc([P+](c2ccccc2)(c2ccccc2)c2ccccc2)cc1. The van der Waals surface area contributed by atoms with Gasteiger partial charge in [-0.05, 0) is 48.5 Å². The van der Waals surface area contributed by atoms with E-state index in [0.29, 0.717) is 0 Å². The maximum Gasteiger partial charge on any atom is 2.00 e. The van der Waals surface area contributed by atoms with E-state index in [1.165, 1.54) is 32.3 Å². The third kappa shape index (κ3) is 27.4. The van der Waals surface area contributed by atoms with Gasteiger partial charge in [0, 0.05) is 34.1 Å². The van der Waals surface area contributed by atoms with Crippen LogP contribution in [-0.2, 0) is 93.1 Å². The maximum absolute atomic E-state index is 7.50. The Morgan fingerprint density at radius 2 is 0.383 bits per heavy atom. The van der Waals surface area contributed by atoms with Crippen LogP contribution in [0.2, 0.25) is 0 Å². The molecule has 0 saturated carbocycles. The number of hydrogen-bond donors (Lipinski definition) is 0. The van der Waals surface area contributed by atoms with Crippen LogP contribution in [0.5, 0.6) is 0 Å². The van der Waals surface area contributed by atoms with Crippen LogP contribution >= 0.6 is 7.26 Å². The Hall–Kier alpha value is -5.29. The number of rotatable bonds is 7. The van der Waals surface area contributed by atoms with E-state index < -0.39 is 7.26 Å². The van der Waals surface area contributed by atoms with Crippen LogP contribution in [0, 0.1) is 72.7 Å². The van der Waals surface area contributed by atoms with E-state index in [9.17, 15) is 0 Å². The van der Waals surface area contributed by atoms with Crippen LogP contribution in [0.15, 0.2) is 182 Å². The van der Waals surface area contributed by atoms with Gasteiger partial charge in [0.2, 0.25) is 0 Å². The molecule has 0 N–H and O–H groups in total. The zero-order valence-electron chi connectivity index (χ0n) is 31.2. The first-order valence-corrected chi connectivity index (χ1v) is 16.9. The van der Waals surface area contributed by atoms with Crippen molar-refractivity contribution in [3.05, 3.63) is 266 Å². The summed E-state index contributed by atoms with van der Waals surface area (Å²) < 4.78 is 67.5. The summed E-state index contributed by atoms with van der Waals surface area (Å²) >= 11 is 0. The van der Waals surface area contributed by atoms with E-state index in [4.69, 9.17) is 41.9 Å². The first-order valence-electron chi connectivity index (χ1n) is 15.1. The van der Waals surface area contributed by atoms with Crippen molar-refractivity contribution in [2.24, 2.45) is 0 Å². The third-order valence-electron chi connectivity index (χ3n) is 6.64. The third-order valence-corrected chi connectivity index (χ3v) is 10.9. The molecule has 0 spiro atoms. The van der Waals surface area contributed by atoms with Gasteiger partial charge in [-0.15, -0.1) is 24.3 Å². The molecule has 60 heavy (non-hydrogen) atoms. The first-order chi connectivity index (χ1) is 28.4. The summed E-state index contributed by atoms with van der Waals surface area (Å²) in [6, 6.07) is 64.5. The Morgan fingerprint density at radius 3 is 0.533 bits per heavy atom. The van der Waals surface area contributed by atoms with E-state index in [-0.39, 0.29) is 51.2 Å². The van der Waals surface area contributed by atoms with Crippen LogP contribution in [0.25, 0.3) is 0 Å². The van der Waals surface area contributed by atoms with Crippen LogP contribution in [0.3, 0.4) is 0 Å². The molecule has 6 rings (SSSR count). The predicted octanol–water partition coefficient (Wildman–Crippen LogP) is 7.45. The number of benzene rings is 6. The Kier molecular flexibility index (Phi) is 70.0. The second-order valence-electron chi connectivity index (χ2n) is 9.17. The zero-order valence-corrected chi connectivity index (χ0v) is 35.4. The van der Waals surface area contributed by atoms with Gasteiger partial charge in [-0.3, -0.25) is 0 Å². The van der Waals surface area contributed by atoms with E-state index in [0.717, 1.165) is 0 Å². The molecule has 0 aliphatic rings. The minimum atomic E-state index is -1.91. The van der Waals surface area contributed by atoms with Gasteiger partial charge in [-0.2, -0.15) is 24.3 Å². The van der Waals surface area contributed by atoms with Crippen molar-refractivity contribution in [3.63, 3.8) is 0 Å². The van der Waals surface area contributed by atoms with Gasteiger partial charge >= 0.3 is 119 Å². The van der Waals surface area contributed by atoms with Gasteiger partial charge in [-0.25, -0.2) is 24.0 Å². The molecular weight excluding hydrogens is 907 g/mol. The van der Waals surface area contributed by atoms with Gasteiger partial charge in [0.1, 0.15) is 28.5 Å². The smallest absolute Gasteiger partial charge is 0.219 e. The van der Waals surface area contributed by atoms with Crippen LogP contribution in [-0.4, -0.2) is 0 Å². The van der Waals surface area contributed by atoms with Crippen molar-refractivity contribution in [3.8, 4) is 0 Å². The standard InChI is InChI=1S/C24H20P.C14H12.9CO.3Fe/c1-5-13-21(14-6-1)25(22-15-7-2-8-16-22,23-17-9-3-10-18-23)24-19-11-4-12-20-24;1-3-7-13(8-4-1)11-12-14-9-5-2-6-10-14;9*1-2;;;/h1-20H;1-12H;;;;;;;;;;;;/q+1;-2;;;;;;;;;;;;+2. The van der Waals surface area contributed by atoms with Crippen LogP contribution < -0.4 is 21.2 Å². The second kappa shape index (κ2) is 58.0. The minimum absolute atomic E-state index is 0. The Bertz CT molecular complexity index is 1680.